The zero-order chi connectivity index (χ0) is 10.2. The fraction of sp³-hybridized carbons (Fsp3) is 1.00. The zero-order valence-electron chi connectivity index (χ0n) is 9.68. The molecular weight excluding hydrogens is 172 g/mol. The van der Waals surface area contributed by atoms with Gasteiger partial charge in [-0.3, -0.25) is 0 Å². The van der Waals surface area contributed by atoms with Crippen LogP contribution >= 0.6 is 0 Å². The van der Waals surface area contributed by atoms with E-state index in [0.29, 0.717) is 5.41 Å². The maximum Gasteiger partial charge on any atom is 0.0660 e. The van der Waals surface area contributed by atoms with Gasteiger partial charge in [-0.1, -0.05) is 46.0 Å². The van der Waals surface area contributed by atoms with Crippen molar-refractivity contribution in [1.29, 1.82) is 0 Å². The van der Waals surface area contributed by atoms with Crippen molar-refractivity contribution in [3.63, 3.8) is 0 Å². The fourth-order valence-corrected chi connectivity index (χ4v) is 3.80. The summed E-state index contributed by atoms with van der Waals surface area (Å²) in [6.45, 7) is 4.53. The van der Waals surface area contributed by atoms with Gasteiger partial charge in [0.05, 0.1) is 5.60 Å². The SMILES string of the molecule is CC1(C)CC(O)(CC2CCCCC2)C1. The zero-order valence-corrected chi connectivity index (χ0v) is 9.68. The van der Waals surface area contributed by atoms with E-state index >= 15 is 0 Å². The largest absolute Gasteiger partial charge is 0.390 e. The molecule has 1 nitrogen and oxygen atoms in total. The summed E-state index contributed by atoms with van der Waals surface area (Å²) in [6, 6.07) is 0. The van der Waals surface area contributed by atoms with Crippen LogP contribution in [0.25, 0.3) is 0 Å². The molecule has 0 spiro atoms. The lowest BCUT2D eigenvalue weighted by Crippen LogP contribution is -2.50. The first-order valence-corrected chi connectivity index (χ1v) is 6.22. The van der Waals surface area contributed by atoms with Gasteiger partial charge >= 0.3 is 0 Å². The predicted octanol–water partition coefficient (Wildman–Crippen LogP) is 3.51. The van der Waals surface area contributed by atoms with Crippen LogP contribution in [-0.2, 0) is 0 Å². The molecule has 2 aliphatic carbocycles. The molecule has 0 unspecified atom stereocenters. The third-order valence-electron chi connectivity index (χ3n) is 4.01. The predicted molar refractivity (Wildman–Crippen MR) is 59.2 cm³/mol. The Labute approximate surface area is 87.9 Å². The molecule has 0 aromatic rings. The molecule has 1 heteroatoms. The lowest BCUT2D eigenvalue weighted by Gasteiger charge is -2.51. The number of hydrogen-bond donors (Lipinski definition) is 1. The summed E-state index contributed by atoms with van der Waals surface area (Å²) in [5, 5.41) is 10.3. The topological polar surface area (TPSA) is 20.2 Å². The van der Waals surface area contributed by atoms with Gasteiger partial charge in [0.1, 0.15) is 0 Å². The smallest absolute Gasteiger partial charge is 0.0660 e. The van der Waals surface area contributed by atoms with Crippen molar-refractivity contribution < 1.29 is 5.11 Å². The Morgan fingerprint density at radius 1 is 1.07 bits per heavy atom. The molecule has 2 rings (SSSR count). The van der Waals surface area contributed by atoms with Gasteiger partial charge < -0.3 is 5.11 Å². The van der Waals surface area contributed by atoms with Crippen LogP contribution in [0.15, 0.2) is 0 Å². The third-order valence-corrected chi connectivity index (χ3v) is 4.01. The molecule has 0 saturated heterocycles. The molecule has 0 heterocycles. The molecule has 2 fully saturated rings. The first kappa shape index (κ1) is 10.5. The van der Waals surface area contributed by atoms with Gasteiger partial charge in [0.15, 0.2) is 0 Å². The van der Waals surface area contributed by atoms with E-state index in [2.05, 4.69) is 13.8 Å². The van der Waals surface area contributed by atoms with Gasteiger partial charge in [0.25, 0.3) is 0 Å². The normalized spacial score (nSPS) is 31.1. The molecule has 0 aromatic heterocycles. The molecule has 82 valence electrons. The highest BCUT2D eigenvalue weighted by Gasteiger charge is 2.48. The molecule has 14 heavy (non-hydrogen) atoms. The van der Waals surface area contributed by atoms with Crippen molar-refractivity contribution in [2.45, 2.75) is 70.8 Å². The third kappa shape index (κ3) is 2.31. The minimum absolute atomic E-state index is 0.286. The van der Waals surface area contributed by atoms with E-state index in [9.17, 15) is 5.11 Å². The molecule has 2 saturated carbocycles. The Bertz CT molecular complexity index is 193. The van der Waals surface area contributed by atoms with E-state index in [0.717, 1.165) is 25.2 Å². The van der Waals surface area contributed by atoms with Crippen LogP contribution in [0.3, 0.4) is 0 Å². The quantitative estimate of drug-likeness (QED) is 0.716. The molecule has 1 N–H and O–H groups in total. The monoisotopic (exact) mass is 196 g/mol. The summed E-state index contributed by atoms with van der Waals surface area (Å²) in [4.78, 5) is 0. The maximum absolute atomic E-state index is 10.3. The van der Waals surface area contributed by atoms with Crippen LogP contribution in [0, 0.1) is 11.3 Å². The molecule has 0 amide bonds. The standard InChI is InChI=1S/C13H24O/c1-12(2)9-13(14,10-12)8-11-6-4-3-5-7-11/h11,14H,3-10H2,1-2H3. The second-order valence-electron chi connectivity index (χ2n) is 6.45. The van der Waals surface area contributed by atoms with Crippen LogP contribution in [0.4, 0.5) is 0 Å². The molecule has 0 atom stereocenters. The first-order chi connectivity index (χ1) is 6.49. The van der Waals surface area contributed by atoms with Crippen molar-refractivity contribution >= 4 is 0 Å². The highest BCUT2D eigenvalue weighted by atomic mass is 16.3. The minimum Gasteiger partial charge on any atom is -0.390 e. The molecule has 0 aromatic carbocycles. The van der Waals surface area contributed by atoms with Crippen molar-refractivity contribution in [3.8, 4) is 0 Å². The molecule has 2 aliphatic rings. The average Bonchev–Trinajstić information content (AvgIpc) is 2.01. The second-order valence-corrected chi connectivity index (χ2v) is 6.45. The van der Waals surface area contributed by atoms with E-state index < -0.39 is 0 Å². The van der Waals surface area contributed by atoms with Gasteiger partial charge in [0, 0.05) is 0 Å². The molecule has 0 radical (unpaired) electrons. The van der Waals surface area contributed by atoms with Crippen molar-refractivity contribution in [2.75, 3.05) is 0 Å². The van der Waals surface area contributed by atoms with Gasteiger partial charge in [-0.15, -0.1) is 0 Å². The summed E-state index contributed by atoms with van der Waals surface area (Å²) in [7, 11) is 0. The average molecular weight is 196 g/mol. The van der Waals surface area contributed by atoms with Crippen LogP contribution in [0.1, 0.15) is 65.2 Å². The Balaban J connectivity index is 1.80. The summed E-state index contributed by atoms with van der Waals surface area (Å²) >= 11 is 0. The Morgan fingerprint density at radius 2 is 1.64 bits per heavy atom. The minimum atomic E-state index is -0.286. The van der Waals surface area contributed by atoms with Crippen molar-refractivity contribution in [2.24, 2.45) is 11.3 Å². The Hall–Kier alpha value is -0.0400. The van der Waals surface area contributed by atoms with Crippen LogP contribution < -0.4 is 0 Å². The molecule has 0 bridgehead atoms. The Kier molecular flexibility index (Phi) is 2.63. The molecular formula is C13H24O. The van der Waals surface area contributed by atoms with E-state index in [1.807, 2.05) is 0 Å². The van der Waals surface area contributed by atoms with Gasteiger partial charge in [0.2, 0.25) is 0 Å². The number of hydrogen-bond acceptors (Lipinski definition) is 1. The first-order valence-electron chi connectivity index (χ1n) is 6.22. The lowest BCUT2D eigenvalue weighted by atomic mass is 9.58. The lowest BCUT2D eigenvalue weighted by molar-refractivity contribution is -0.127. The summed E-state index contributed by atoms with van der Waals surface area (Å²) in [5.41, 5.74) is 0.120. The van der Waals surface area contributed by atoms with Crippen molar-refractivity contribution in [1.82, 2.24) is 0 Å². The van der Waals surface area contributed by atoms with Gasteiger partial charge in [-0.2, -0.15) is 0 Å². The van der Waals surface area contributed by atoms with E-state index in [-0.39, 0.29) is 5.60 Å². The van der Waals surface area contributed by atoms with Crippen molar-refractivity contribution in [3.05, 3.63) is 0 Å². The fourth-order valence-electron chi connectivity index (χ4n) is 3.80. The van der Waals surface area contributed by atoms with E-state index in [4.69, 9.17) is 0 Å². The van der Waals surface area contributed by atoms with E-state index in [1.165, 1.54) is 32.1 Å². The molecule has 0 aliphatic heterocycles. The summed E-state index contributed by atoms with van der Waals surface area (Å²) in [6.07, 6.45) is 10.1. The van der Waals surface area contributed by atoms with Gasteiger partial charge in [-0.25, -0.2) is 0 Å². The van der Waals surface area contributed by atoms with Crippen LogP contribution in [0.5, 0.6) is 0 Å². The maximum atomic E-state index is 10.3. The highest BCUT2D eigenvalue weighted by molar-refractivity contribution is 5.00. The van der Waals surface area contributed by atoms with Crippen LogP contribution in [-0.4, -0.2) is 10.7 Å². The summed E-state index contributed by atoms with van der Waals surface area (Å²) in [5.74, 6) is 0.824. The number of rotatable bonds is 2. The second kappa shape index (κ2) is 3.52. The van der Waals surface area contributed by atoms with E-state index in [1.54, 1.807) is 0 Å². The van der Waals surface area contributed by atoms with Crippen LogP contribution in [0.2, 0.25) is 0 Å². The van der Waals surface area contributed by atoms with Gasteiger partial charge in [-0.05, 0) is 30.6 Å². The Morgan fingerprint density at radius 3 is 2.14 bits per heavy atom. The summed E-state index contributed by atoms with van der Waals surface area (Å²) < 4.78 is 0. The highest BCUT2D eigenvalue weighted by Crippen LogP contribution is 2.51. The number of aliphatic hydroxyl groups is 1.